The molecule has 2 N–H and O–H groups in total. The van der Waals surface area contributed by atoms with Crippen LogP contribution in [0.3, 0.4) is 0 Å². The van der Waals surface area contributed by atoms with Gasteiger partial charge >= 0.3 is 0 Å². The summed E-state index contributed by atoms with van der Waals surface area (Å²) in [6, 6.07) is 9.44. The number of β-amino-alcohol motifs (C(OH)–C–C–N with tert-alkyl or cyclic N) is 1. The zero-order valence-corrected chi connectivity index (χ0v) is 8.68. The van der Waals surface area contributed by atoms with Gasteiger partial charge in [0.15, 0.2) is 0 Å². The lowest BCUT2D eigenvalue weighted by Gasteiger charge is -2.37. The van der Waals surface area contributed by atoms with Crippen molar-refractivity contribution in [3.8, 4) is 0 Å². The molecular weight excluding hydrogens is 204 g/mol. The van der Waals surface area contributed by atoms with E-state index in [1.54, 1.807) is 0 Å². The molecule has 2 aromatic rings. The maximum absolute atomic E-state index is 11.8. The van der Waals surface area contributed by atoms with Crippen LogP contribution >= 0.6 is 0 Å². The fourth-order valence-electron chi connectivity index (χ4n) is 2.02. The molecule has 0 unspecified atom stereocenters. The Kier molecular flexibility index (Phi) is 1.97. The molecule has 0 saturated carbocycles. The molecule has 2 heterocycles. The highest BCUT2D eigenvalue weighted by Gasteiger charge is 2.25. The molecule has 4 heteroatoms. The van der Waals surface area contributed by atoms with Crippen molar-refractivity contribution in [2.24, 2.45) is 0 Å². The number of anilines is 1. The van der Waals surface area contributed by atoms with Crippen LogP contribution in [-0.2, 0) is 0 Å². The summed E-state index contributed by atoms with van der Waals surface area (Å²) < 4.78 is 0. The lowest BCUT2D eigenvalue weighted by molar-refractivity contribution is 0.141. The lowest BCUT2D eigenvalue weighted by Crippen LogP contribution is -2.51. The van der Waals surface area contributed by atoms with Gasteiger partial charge in [-0.15, -0.1) is 0 Å². The molecule has 1 saturated heterocycles. The van der Waals surface area contributed by atoms with Gasteiger partial charge in [0, 0.05) is 18.5 Å². The van der Waals surface area contributed by atoms with Crippen molar-refractivity contribution in [1.29, 1.82) is 0 Å². The first-order chi connectivity index (χ1) is 7.74. The van der Waals surface area contributed by atoms with Gasteiger partial charge in [-0.25, -0.2) is 0 Å². The van der Waals surface area contributed by atoms with Crippen LogP contribution in [0.4, 0.5) is 5.82 Å². The Balaban J connectivity index is 2.11. The zero-order chi connectivity index (χ0) is 11.1. The van der Waals surface area contributed by atoms with E-state index in [0.717, 1.165) is 11.2 Å². The molecule has 0 atom stereocenters. The van der Waals surface area contributed by atoms with E-state index < -0.39 is 0 Å². The van der Waals surface area contributed by atoms with Gasteiger partial charge in [0.05, 0.1) is 6.10 Å². The van der Waals surface area contributed by atoms with Crippen LogP contribution in [0, 0.1) is 0 Å². The number of benzene rings is 1. The van der Waals surface area contributed by atoms with Crippen molar-refractivity contribution in [1.82, 2.24) is 4.98 Å². The molecular formula is C12H12N2O2. The number of hydrogen-bond acceptors (Lipinski definition) is 3. The van der Waals surface area contributed by atoms with Gasteiger partial charge in [0.2, 0.25) is 0 Å². The largest absolute Gasteiger partial charge is 0.389 e. The van der Waals surface area contributed by atoms with E-state index in [-0.39, 0.29) is 11.7 Å². The average Bonchev–Trinajstić information content (AvgIpc) is 2.25. The first-order valence-electron chi connectivity index (χ1n) is 5.29. The SMILES string of the molecule is O=c1[nH]c(N2CC(O)C2)cc2ccccc12. The quantitative estimate of drug-likeness (QED) is 0.738. The van der Waals surface area contributed by atoms with Crippen molar-refractivity contribution in [2.45, 2.75) is 6.10 Å². The second kappa shape index (κ2) is 3.35. The number of aliphatic hydroxyl groups excluding tert-OH is 1. The maximum Gasteiger partial charge on any atom is 0.257 e. The van der Waals surface area contributed by atoms with Gasteiger partial charge in [-0.05, 0) is 17.5 Å². The first-order valence-corrected chi connectivity index (χ1v) is 5.29. The van der Waals surface area contributed by atoms with Gasteiger partial charge in [-0.3, -0.25) is 4.79 Å². The van der Waals surface area contributed by atoms with Gasteiger partial charge < -0.3 is 15.0 Å². The van der Waals surface area contributed by atoms with E-state index in [4.69, 9.17) is 0 Å². The second-order valence-corrected chi connectivity index (χ2v) is 4.13. The molecule has 1 aromatic heterocycles. The number of rotatable bonds is 1. The minimum atomic E-state index is -0.269. The van der Waals surface area contributed by atoms with Crippen molar-refractivity contribution in [2.75, 3.05) is 18.0 Å². The Labute approximate surface area is 92.1 Å². The maximum atomic E-state index is 11.8. The molecule has 3 rings (SSSR count). The predicted molar refractivity (Wildman–Crippen MR) is 62.8 cm³/mol. The minimum absolute atomic E-state index is 0.0745. The molecule has 1 aromatic carbocycles. The number of nitrogens with one attached hydrogen (secondary N) is 1. The number of aromatic nitrogens is 1. The molecule has 82 valence electrons. The van der Waals surface area contributed by atoms with Gasteiger partial charge in [0.1, 0.15) is 5.82 Å². The molecule has 16 heavy (non-hydrogen) atoms. The number of hydrogen-bond donors (Lipinski definition) is 2. The Morgan fingerprint density at radius 3 is 2.81 bits per heavy atom. The summed E-state index contributed by atoms with van der Waals surface area (Å²) in [5.41, 5.74) is -0.0745. The van der Waals surface area contributed by atoms with Crippen molar-refractivity contribution < 1.29 is 5.11 Å². The van der Waals surface area contributed by atoms with Crippen molar-refractivity contribution in [3.05, 3.63) is 40.7 Å². The van der Waals surface area contributed by atoms with E-state index in [1.165, 1.54) is 0 Å². The minimum Gasteiger partial charge on any atom is -0.389 e. The number of nitrogens with zero attached hydrogens (tertiary/aromatic N) is 1. The Hall–Kier alpha value is -1.81. The number of aliphatic hydroxyl groups is 1. The number of aromatic amines is 1. The van der Waals surface area contributed by atoms with Crippen LogP contribution in [0.1, 0.15) is 0 Å². The monoisotopic (exact) mass is 216 g/mol. The first kappa shape index (κ1) is 9.42. The summed E-state index contributed by atoms with van der Waals surface area (Å²) in [6.07, 6.45) is -0.269. The molecule has 0 spiro atoms. The second-order valence-electron chi connectivity index (χ2n) is 4.13. The van der Waals surface area contributed by atoms with Crippen LogP contribution in [0.5, 0.6) is 0 Å². The third kappa shape index (κ3) is 1.39. The van der Waals surface area contributed by atoms with Crippen LogP contribution in [0.25, 0.3) is 10.8 Å². The van der Waals surface area contributed by atoms with Gasteiger partial charge in [-0.1, -0.05) is 18.2 Å². The molecule has 0 bridgehead atoms. The molecule has 1 aliphatic heterocycles. The fourth-order valence-corrected chi connectivity index (χ4v) is 2.02. The fraction of sp³-hybridized carbons (Fsp3) is 0.250. The summed E-state index contributed by atoms with van der Waals surface area (Å²) in [6.45, 7) is 1.18. The number of pyridine rings is 1. The Morgan fingerprint density at radius 2 is 2.06 bits per heavy atom. The van der Waals surface area contributed by atoms with E-state index in [2.05, 4.69) is 4.98 Å². The predicted octanol–water partition coefficient (Wildman–Crippen LogP) is 0.709. The molecule has 0 aliphatic carbocycles. The smallest absolute Gasteiger partial charge is 0.257 e. The highest BCUT2D eigenvalue weighted by Crippen LogP contribution is 2.20. The van der Waals surface area contributed by atoms with Crippen LogP contribution < -0.4 is 10.5 Å². The van der Waals surface area contributed by atoms with Crippen molar-refractivity contribution in [3.63, 3.8) is 0 Å². The molecule has 4 nitrogen and oxygen atoms in total. The summed E-state index contributed by atoms with van der Waals surface area (Å²) in [7, 11) is 0. The topological polar surface area (TPSA) is 56.3 Å². The molecule has 0 radical (unpaired) electrons. The van der Waals surface area contributed by atoms with Crippen LogP contribution in [0.2, 0.25) is 0 Å². The summed E-state index contributed by atoms with van der Waals surface area (Å²) >= 11 is 0. The van der Waals surface area contributed by atoms with Gasteiger partial charge in [-0.2, -0.15) is 0 Å². The van der Waals surface area contributed by atoms with Gasteiger partial charge in [0.25, 0.3) is 5.56 Å². The van der Waals surface area contributed by atoms with Crippen molar-refractivity contribution >= 4 is 16.6 Å². The summed E-state index contributed by atoms with van der Waals surface area (Å²) in [4.78, 5) is 16.6. The molecule has 1 aliphatic rings. The number of fused-ring (bicyclic) bond motifs is 1. The van der Waals surface area contributed by atoms with E-state index in [1.807, 2.05) is 35.2 Å². The lowest BCUT2D eigenvalue weighted by atomic mass is 10.1. The number of H-pyrrole nitrogens is 1. The van der Waals surface area contributed by atoms with E-state index in [9.17, 15) is 9.90 Å². The molecule has 1 fully saturated rings. The highest BCUT2D eigenvalue weighted by molar-refractivity contribution is 5.83. The normalized spacial score (nSPS) is 16.4. The van der Waals surface area contributed by atoms with Crippen LogP contribution in [0.15, 0.2) is 35.1 Å². The summed E-state index contributed by atoms with van der Waals surface area (Å²) in [5.74, 6) is 0.786. The third-order valence-electron chi connectivity index (χ3n) is 2.94. The average molecular weight is 216 g/mol. The standard InChI is InChI=1S/C12H12N2O2/c15-9-6-14(7-9)11-5-8-3-1-2-4-10(8)12(16)13-11/h1-5,9,15H,6-7H2,(H,13,16). The van der Waals surface area contributed by atoms with Crippen LogP contribution in [-0.4, -0.2) is 29.3 Å². The van der Waals surface area contributed by atoms with E-state index >= 15 is 0 Å². The molecule has 0 amide bonds. The Bertz CT molecular complexity index is 585. The third-order valence-corrected chi connectivity index (χ3v) is 2.94. The van der Waals surface area contributed by atoms with E-state index in [0.29, 0.717) is 18.5 Å². The highest BCUT2D eigenvalue weighted by atomic mass is 16.3. The zero-order valence-electron chi connectivity index (χ0n) is 8.68. The Morgan fingerprint density at radius 1 is 1.31 bits per heavy atom. The summed E-state index contributed by atoms with van der Waals surface area (Å²) in [5, 5.41) is 10.9.